The minimum absolute atomic E-state index is 0.0528. The van der Waals surface area contributed by atoms with Crippen molar-refractivity contribution in [1.29, 1.82) is 0 Å². The van der Waals surface area contributed by atoms with Gasteiger partial charge in [-0.1, -0.05) is 0 Å². The second-order valence-electron chi connectivity index (χ2n) is 3.45. The molecule has 0 N–H and O–H groups in total. The van der Waals surface area contributed by atoms with Crippen LogP contribution in [0.15, 0.2) is 0 Å². The molecule has 0 saturated carbocycles. The Balaban J connectivity index is 2.36. The van der Waals surface area contributed by atoms with Crippen LogP contribution in [0.4, 0.5) is 8.78 Å². The van der Waals surface area contributed by atoms with E-state index in [1.807, 2.05) is 6.92 Å². The Morgan fingerprint density at radius 2 is 2.40 bits per heavy atom. The lowest BCUT2D eigenvalue weighted by Gasteiger charge is -2.21. The molecule has 0 aromatic carbocycles. The molecule has 1 unspecified atom stereocenters. The molecule has 0 aromatic heterocycles. The Morgan fingerprint density at radius 1 is 1.67 bits per heavy atom. The van der Waals surface area contributed by atoms with Crippen molar-refractivity contribution in [1.82, 2.24) is 4.90 Å². The van der Waals surface area contributed by atoms with Crippen LogP contribution in [0.25, 0.3) is 0 Å². The molecule has 0 aliphatic carbocycles. The Bertz CT molecular complexity index is 214. The summed E-state index contributed by atoms with van der Waals surface area (Å²) in [6.07, 6.45) is 0.674. The number of halogens is 2. The van der Waals surface area contributed by atoms with Crippen molar-refractivity contribution in [3.63, 3.8) is 0 Å². The third-order valence-corrected chi connectivity index (χ3v) is 2.14. The van der Waals surface area contributed by atoms with Crippen LogP contribution in [-0.4, -0.2) is 49.8 Å². The fourth-order valence-corrected chi connectivity index (χ4v) is 1.45. The van der Waals surface area contributed by atoms with Gasteiger partial charge < -0.3 is 14.4 Å². The molecule has 1 atom stereocenters. The highest BCUT2D eigenvalue weighted by atomic mass is 19.3. The van der Waals surface area contributed by atoms with Crippen molar-refractivity contribution in [2.24, 2.45) is 0 Å². The van der Waals surface area contributed by atoms with Crippen molar-refractivity contribution < 1.29 is 23.0 Å². The summed E-state index contributed by atoms with van der Waals surface area (Å²) in [7, 11) is 0. The number of hydrogen-bond acceptors (Lipinski definition) is 3. The molecule has 1 aliphatic rings. The molecular weight excluding hydrogens is 208 g/mol. The number of carbonyl (C=O) groups is 1. The Labute approximate surface area is 87.1 Å². The molecule has 1 fully saturated rings. The molecule has 1 heterocycles. The summed E-state index contributed by atoms with van der Waals surface area (Å²) >= 11 is 0. The van der Waals surface area contributed by atoms with Crippen molar-refractivity contribution >= 4 is 5.91 Å². The minimum Gasteiger partial charge on any atom is -0.377 e. The smallest absolute Gasteiger partial charge is 0.345 e. The van der Waals surface area contributed by atoms with Crippen LogP contribution in [0.3, 0.4) is 0 Å². The van der Waals surface area contributed by atoms with E-state index in [1.54, 1.807) is 0 Å². The largest absolute Gasteiger partial charge is 0.377 e. The predicted molar refractivity (Wildman–Crippen MR) is 48.6 cm³/mol. The maximum Gasteiger partial charge on any atom is 0.345 e. The summed E-state index contributed by atoms with van der Waals surface area (Å²) in [5.74, 6) is -0.410. The first kappa shape index (κ1) is 12.3. The van der Waals surface area contributed by atoms with Gasteiger partial charge >= 0.3 is 6.61 Å². The summed E-state index contributed by atoms with van der Waals surface area (Å²) in [5.41, 5.74) is 0. The van der Waals surface area contributed by atoms with Gasteiger partial charge in [-0.3, -0.25) is 4.79 Å². The maximum absolute atomic E-state index is 11.7. The van der Waals surface area contributed by atoms with Crippen LogP contribution in [0.2, 0.25) is 0 Å². The summed E-state index contributed by atoms with van der Waals surface area (Å²) in [6, 6.07) is 0. The van der Waals surface area contributed by atoms with E-state index in [0.29, 0.717) is 19.7 Å². The number of alkyl halides is 2. The molecule has 0 spiro atoms. The molecule has 0 aromatic rings. The van der Waals surface area contributed by atoms with Crippen molar-refractivity contribution in [3.05, 3.63) is 0 Å². The van der Waals surface area contributed by atoms with Crippen LogP contribution in [0, 0.1) is 0 Å². The lowest BCUT2D eigenvalue weighted by Crippen LogP contribution is -2.38. The zero-order valence-corrected chi connectivity index (χ0v) is 8.62. The molecule has 1 saturated heterocycles. The first-order valence-electron chi connectivity index (χ1n) is 4.88. The average molecular weight is 223 g/mol. The molecular formula is C9H15F2NO3. The van der Waals surface area contributed by atoms with Crippen molar-refractivity contribution in [3.8, 4) is 0 Å². The highest BCUT2D eigenvalue weighted by molar-refractivity contribution is 5.77. The molecule has 0 bridgehead atoms. The first-order chi connectivity index (χ1) is 7.09. The Kier molecular flexibility index (Phi) is 4.90. The van der Waals surface area contributed by atoms with Gasteiger partial charge in [-0.2, -0.15) is 8.78 Å². The summed E-state index contributed by atoms with van der Waals surface area (Å²) < 4.78 is 32.7. The first-order valence-corrected chi connectivity index (χ1v) is 4.88. The van der Waals surface area contributed by atoms with Gasteiger partial charge in [-0.05, 0) is 13.3 Å². The van der Waals surface area contributed by atoms with E-state index in [9.17, 15) is 13.6 Å². The van der Waals surface area contributed by atoms with E-state index in [1.165, 1.54) is 4.90 Å². The number of hydrogen-bond donors (Lipinski definition) is 0. The monoisotopic (exact) mass is 223 g/mol. The van der Waals surface area contributed by atoms with Crippen LogP contribution in [0.5, 0.6) is 0 Å². The van der Waals surface area contributed by atoms with Gasteiger partial charge in [0.2, 0.25) is 5.91 Å². The minimum atomic E-state index is -2.89. The van der Waals surface area contributed by atoms with Crippen LogP contribution in [0.1, 0.15) is 13.3 Å². The predicted octanol–water partition coefficient (Wildman–Crippen LogP) is 0.863. The van der Waals surface area contributed by atoms with Crippen molar-refractivity contribution in [2.45, 2.75) is 26.1 Å². The van der Waals surface area contributed by atoms with E-state index in [4.69, 9.17) is 4.74 Å². The number of nitrogens with zero attached hydrogens (tertiary/aromatic N) is 1. The molecule has 0 radical (unpaired) electrons. The fraction of sp³-hybridized carbons (Fsp3) is 0.889. The van der Waals surface area contributed by atoms with Gasteiger partial charge in [-0.25, -0.2) is 0 Å². The molecule has 1 amide bonds. The number of ether oxygens (including phenoxy) is 2. The lowest BCUT2D eigenvalue weighted by molar-refractivity contribution is -0.160. The SMILES string of the molecule is CC1CN(C(=O)COC(F)F)CCCO1. The number of amides is 1. The third kappa shape index (κ3) is 4.53. The van der Waals surface area contributed by atoms with Gasteiger partial charge in [0.15, 0.2) is 0 Å². The zero-order valence-electron chi connectivity index (χ0n) is 8.62. The lowest BCUT2D eigenvalue weighted by atomic mass is 10.3. The number of rotatable bonds is 3. The van der Waals surface area contributed by atoms with Crippen LogP contribution < -0.4 is 0 Å². The maximum atomic E-state index is 11.7. The highest BCUT2D eigenvalue weighted by Gasteiger charge is 2.20. The van der Waals surface area contributed by atoms with E-state index in [0.717, 1.165) is 6.42 Å². The molecule has 4 nitrogen and oxygen atoms in total. The van der Waals surface area contributed by atoms with Gasteiger partial charge in [0.05, 0.1) is 6.10 Å². The van der Waals surface area contributed by atoms with Gasteiger partial charge in [0.25, 0.3) is 0 Å². The zero-order chi connectivity index (χ0) is 11.3. The molecule has 6 heteroatoms. The highest BCUT2D eigenvalue weighted by Crippen LogP contribution is 2.06. The standard InChI is InChI=1S/C9H15F2NO3/c1-7-5-12(3-2-4-14-7)8(13)6-15-9(10)11/h7,9H,2-6H2,1H3. The fourth-order valence-electron chi connectivity index (χ4n) is 1.45. The van der Waals surface area contributed by atoms with Gasteiger partial charge in [-0.15, -0.1) is 0 Å². The van der Waals surface area contributed by atoms with Gasteiger partial charge in [0, 0.05) is 19.7 Å². The van der Waals surface area contributed by atoms with E-state index in [-0.39, 0.29) is 6.10 Å². The molecule has 88 valence electrons. The van der Waals surface area contributed by atoms with Crippen LogP contribution >= 0.6 is 0 Å². The van der Waals surface area contributed by atoms with E-state index in [2.05, 4.69) is 4.74 Å². The molecule has 15 heavy (non-hydrogen) atoms. The second kappa shape index (κ2) is 5.97. The number of carbonyl (C=O) groups excluding carboxylic acids is 1. The third-order valence-electron chi connectivity index (χ3n) is 2.14. The van der Waals surface area contributed by atoms with E-state index >= 15 is 0 Å². The van der Waals surface area contributed by atoms with Crippen LogP contribution in [-0.2, 0) is 14.3 Å². The average Bonchev–Trinajstić information content (AvgIpc) is 2.39. The molecule has 1 rings (SSSR count). The topological polar surface area (TPSA) is 38.8 Å². The Morgan fingerprint density at radius 3 is 3.07 bits per heavy atom. The second-order valence-corrected chi connectivity index (χ2v) is 3.45. The van der Waals surface area contributed by atoms with Crippen molar-refractivity contribution in [2.75, 3.05) is 26.3 Å². The summed E-state index contributed by atoms with van der Waals surface area (Å²) in [4.78, 5) is 12.9. The van der Waals surface area contributed by atoms with Gasteiger partial charge in [0.1, 0.15) is 6.61 Å². The summed E-state index contributed by atoms with van der Waals surface area (Å²) in [5, 5.41) is 0. The van der Waals surface area contributed by atoms with E-state index < -0.39 is 19.1 Å². The quantitative estimate of drug-likeness (QED) is 0.712. The molecule has 1 aliphatic heterocycles. The normalized spacial score (nSPS) is 22.9. The summed E-state index contributed by atoms with van der Waals surface area (Å²) in [6.45, 7) is -0.0409. The Hall–Kier alpha value is -0.750.